The summed E-state index contributed by atoms with van der Waals surface area (Å²) in [6.07, 6.45) is 0.749. The topological polar surface area (TPSA) is 123 Å². The lowest BCUT2D eigenvalue weighted by molar-refractivity contribution is -0.188. The molecule has 2 aliphatic heterocycles. The summed E-state index contributed by atoms with van der Waals surface area (Å²) in [5.41, 5.74) is 0.192. The second kappa shape index (κ2) is 8.55. The van der Waals surface area contributed by atoms with E-state index in [0.29, 0.717) is 6.42 Å². The summed E-state index contributed by atoms with van der Waals surface area (Å²) in [5, 5.41) is 30.3. The van der Waals surface area contributed by atoms with Crippen molar-refractivity contribution in [2.45, 2.75) is 70.9 Å². The first-order chi connectivity index (χ1) is 14.2. The van der Waals surface area contributed by atoms with Crippen LogP contribution in [0, 0.1) is 5.92 Å². The van der Waals surface area contributed by atoms with E-state index in [4.69, 9.17) is 14.2 Å². The third kappa shape index (κ3) is 4.09. The number of carbonyl (C=O) groups excluding carboxylic acids is 2. The molecule has 0 fully saturated rings. The number of aliphatic hydroxyl groups excluding tert-OH is 1. The van der Waals surface area contributed by atoms with Gasteiger partial charge in [-0.2, -0.15) is 0 Å². The number of hydrogen-bond acceptors (Lipinski definition) is 8. The highest BCUT2D eigenvalue weighted by molar-refractivity contribution is 5.90. The second-order valence-electron chi connectivity index (χ2n) is 7.86. The van der Waals surface area contributed by atoms with Crippen molar-refractivity contribution in [3.05, 3.63) is 35.3 Å². The van der Waals surface area contributed by atoms with Crippen LogP contribution in [0.2, 0.25) is 0 Å². The molecule has 0 amide bonds. The van der Waals surface area contributed by atoms with E-state index in [1.807, 2.05) is 6.92 Å². The molecule has 2 heterocycles. The summed E-state index contributed by atoms with van der Waals surface area (Å²) in [7, 11) is 0. The van der Waals surface area contributed by atoms with Crippen LogP contribution in [0.3, 0.4) is 0 Å². The molecule has 0 radical (unpaired) electrons. The van der Waals surface area contributed by atoms with Gasteiger partial charge in [0.25, 0.3) is 11.5 Å². The van der Waals surface area contributed by atoms with Gasteiger partial charge in [-0.25, -0.2) is 4.79 Å². The molecule has 3 rings (SSSR count). The van der Waals surface area contributed by atoms with Crippen LogP contribution in [0.5, 0.6) is 11.5 Å². The van der Waals surface area contributed by atoms with Crippen molar-refractivity contribution in [3.63, 3.8) is 0 Å². The molecule has 0 saturated carbocycles. The summed E-state index contributed by atoms with van der Waals surface area (Å²) >= 11 is 0. The van der Waals surface area contributed by atoms with Gasteiger partial charge in [0.05, 0.1) is 5.56 Å². The summed E-state index contributed by atoms with van der Waals surface area (Å²) in [5.74, 6) is -3.19. The Labute approximate surface area is 175 Å². The molecule has 164 valence electrons. The van der Waals surface area contributed by atoms with Gasteiger partial charge >= 0.3 is 5.97 Å². The van der Waals surface area contributed by atoms with E-state index in [1.54, 1.807) is 0 Å². The number of aromatic hydroxyl groups is 2. The first kappa shape index (κ1) is 22.0. The third-order valence-electron chi connectivity index (χ3n) is 5.59. The number of hydrogen-bond donors (Lipinski definition) is 3. The van der Waals surface area contributed by atoms with Gasteiger partial charge in [0.1, 0.15) is 23.4 Å². The van der Waals surface area contributed by atoms with Crippen LogP contribution in [-0.4, -0.2) is 39.3 Å². The number of Topliss-reactive ketones (excluding diaryl/α,β-unsaturated/α-hetero) is 1. The van der Waals surface area contributed by atoms with E-state index < -0.39 is 24.0 Å². The molecule has 4 atom stereocenters. The second-order valence-corrected chi connectivity index (χ2v) is 7.86. The largest absolute Gasteiger partial charge is 0.508 e. The summed E-state index contributed by atoms with van der Waals surface area (Å²) < 4.78 is 16.7. The molecule has 0 bridgehead atoms. The molecule has 1 aromatic carbocycles. The Morgan fingerprint density at radius 3 is 2.60 bits per heavy atom. The Balaban J connectivity index is 1.74. The minimum absolute atomic E-state index is 0.00289. The minimum Gasteiger partial charge on any atom is -0.508 e. The van der Waals surface area contributed by atoms with Gasteiger partial charge in [0, 0.05) is 25.3 Å². The van der Waals surface area contributed by atoms with Gasteiger partial charge in [-0.05, 0) is 25.0 Å². The Hall–Kier alpha value is -2.74. The number of phenolic OH excluding ortho intramolecular Hbond substituents is 2. The number of carbonyl (C=O) groups is 2. The summed E-state index contributed by atoms with van der Waals surface area (Å²) in [4.78, 5) is 24.9. The van der Waals surface area contributed by atoms with Crippen LogP contribution < -0.4 is 0 Å². The van der Waals surface area contributed by atoms with Gasteiger partial charge < -0.3 is 29.5 Å². The highest BCUT2D eigenvalue weighted by Crippen LogP contribution is 2.47. The number of esters is 1. The van der Waals surface area contributed by atoms with Crippen molar-refractivity contribution in [3.8, 4) is 11.5 Å². The zero-order valence-electron chi connectivity index (χ0n) is 17.4. The summed E-state index contributed by atoms with van der Waals surface area (Å²) in [6, 6.07) is 3.88. The quantitative estimate of drug-likeness (QED) is 0.521. The van der Waals surface area contributed by atoms with Crippen molar-refractivity contribution < 1.29 is 39.1 Å². The lowest BCUT2D eigenvalue weighted by Gasteiger charge is -2.29. The lowest BCUT2D eigenvalue weighted by Crippen LogP contribution is -2.36. The lowest BCUT2D eigenvalue weighted by atomic mass is 9.90. The fourth-order valence-electron chi connectivity index (χ4n) is 3.86. The molecule has 4 unspecified atom stereocenters. The van der Waals surface area contributed by atoms with E-state index in [2.05, 4.69) is 6.92 Å². The average molecular weight is 420 g/mol. The highest BCUT2D eigenvalue weighted by atomic mass is 16.8. The molecule has 1 aromatic rings. The van der Waals surface area contributed by atoms with Crippen LogP contribution >= 0.6 is 0 Å². The number of rotatable bonds is 9. The third-order valence-corrected chi connectivity index (χ3v) is 5.59. The van der Waals surface area contributed by atoms with Gasteiger partial charge in [0.15, 0.2) is 11.9 Å². The molecule has 0 aliphatic carbocycles. The van der Waals surface area contributed by atoms with Crippen LogP contribution in [-0.2, 0) is 29.6 Å². The number of aliphatic hydroxyl groups is 1. The van der Waals surface area contributed by atoms with E-state index in [1.165, 1.54) is 19.1 Å². The number of phenols is 2. The first-order valence-corrected chi connectivity index (χ1v) is 10.3. The van der Waals surface area contributed by atoms with Gasteiger partial charge in [-0.15, -0.1) is 0 Å². The van der Waals surface area contributed by atoms with Crippen molar-refractivity contribution in [1.29, 1.82) is 0 Å². The molecule has 0 spiro atoms. The van der Waals surface area contributed by atoms with Crippen LogP contribution in [0.25, 0.3) is 0 Å². The smallest absolute Gasteiger partial charge is 0.378 e. The Morgan fingerprint density at radius 2 is 1.97 bits per heavy atom. The molecule has 8 nitrogen and oxygen atoms in total. The van der Waals surface area contributed by atoms with Crippen molar-refractivity contribution in [1.82, 2.24) is 0 Å². The number of ketones is 1. The molecular weight excluding hydrogens is 392 g/mol. The SMILES string of the molecule is CCCCC(CC)C(=O)CC(O)C1OC(=O)C2=C1OC(C)(c1ccc(O)cc1O)O2. The zero-order valence-corrected chi connectivity index (χ0v) is 17.4. The maximum Gasteiger partial charge on any atom is 0.378 e. The van der Waals surface area contributed by atoms with E-state index >= 15 is 0 Å². The first-order valence-electron chi connectivity index (χ1n) is 10.3. The fourth-order valence-corrected chi connectivity index (χ4v) is 3.86. The molecule has 0 saturated heterocycles. The maximum absolute atomic E-state index is 12.6. The Bertz CT molecular complexity index is 861. The van der Waals surface area contributed by atoms with E-state index in [0.717, 1.165) is 25.3 Å². The predicted octanol–water partition coefficient (Wildman–Crippen LogP) is 2.99. The fraction of sp³-hybridized carbons (Fsp3) is 0.545. The van der Waals surface area contributed by atoms with E-state index in [9.17, 15) is 24.9 Å². The van der Waals surface area contributed by atoms with Crippen LogP contribution in [0.4, 0.5) is 0 Å². The number of cyclic esters (lactones) is 1. The standard InChI is InChI=1S/C22H28O8/c1-4-6-7-12(5-2)15(24)11-17(26)18-19-20(21(27)28-18)30-22(3,29-19)14-9-8-13(23)10-16(14)25/h8-10,12,17-18,23,25-26H,4-7,11H2,1-3H3. The predicted molar refractivity (Wildman–Crippen MR) is 105 cm³/mol. The van der Waals surface area contributed by atoms with Crippen molar-refractivity contribution in [2.75, 3.05) is 0 Å². The molecule has 30 heavy (non-hydrogen) atoms. The van der Waals surface area contributed by atoms with Gasteiger partial charge in [-0.1, -0.05) is 26.7 Å². The normalized spacial score (nSPS) is 24.7. The highest BCUT2D eigenvalue weighted by Gasteiger charge is 2.54. The van der Waals surface area contributed by atoms with Gasteiger partial charge in [-0.3, -0.25) is 4.79 Å². The monoisotopic (exact) mass is 420 g/mol. The minimum atomic E-state index is -1.54. The molecule has 2 aliphatic rings. The van der Waals surface area contributed by atoms with Crippen LogP contribution in [0.15, 0.2) is 29.7 Å². The molecule has 3 N–H and O–H groups in total. The Morgan fingerprint density at radius 1 is 1.23 bits per heavy atom. The zero-order chi connectivity index (χ0) is 22.1. The van der Waals surface area contributed by atoms with Crippen LogP contribution in [0.1, 0.15) is 58.4 Å². The van der Waals surface area contributed by atoms with E-state index in [-0.39, 0.29) is 46.7 Å². The van der Waals surface area contributed by atoms with Crippen molar-refractivity contribution >= 4 is 11.8 Å². The molecule has 0 aromatic heterocycles. The average Bonchev–Trinajstić information content (AvgIpc) is 3.18. The Kier molecular flexibility index (Phi) is 6.26. The number of unbranched alkanes of at least 4 members (excludes halogenated alkanes) is 1. The van der Waals surface area contributed by atoms with Gasteiger partial charge in [0.2, 0.25) is 0 Å². The molecular formula is C22H28O8. The number of benzene rings is 1. The summed E-state index contributed by atoms with van der Waals surface area (Å²) in [6.45, 7) is 5.49. The maximum atomic E-state index is 12.6. The van der Waals surface area contributed by atoms with Crippen molar-refractivity contribution in [2.24, 2.45) is 5.92 Å². The number of ether oxygens (including phenoxy) is 3. The molecule has 8 heteroatoms.